The first-order valence-electron chi connectivity index (χ1n) is 11.4. The zero-order valence-corrected chi connectivity index (χ0v) is 19.8. The van der Waals surface area contributed by atoms with Crippen molar-refractivity contribution in [2.75, 3.05) is 49.9 Å². The van der Waals surface area contributed by atoms with Crippen LogP contribution in [0.2, 0.25) is 0 Å². The Morgan fingerprint density at radius 2 is 1.79 bits per heavy atom. The molecule has 33 heavy (non-hydrogen) atoms. The standard InChI is InChI=1S/C27H32N4O2/c1-30(2)21-8-10-22(11-9-21)31(3)23-12-13-24-19(16-23)6-5-7-20(24)17-29-26-18-28-15-14-25(26)27(32)33-4/h8-16,18,20,29H,5-7,17H2,1-4H3/t20-/m0/s1. The van der Waals surface area contributed by atoms with Gasteiger partial charge in [-0.2, -0.15) is 0 Å². The number of fused-ring (bicyclic) bond motifs is 1. The highest BCUT2D eigenvalue weighted by molar-refractivity contribution is 5.95. The molecule has 0 amide bonds. The van der Waals surface area contributed by atoms with Crippen LogP contribution in [0.15, 0.2) is 60.9 Å². The van der Waals surface area contributed by atoms with E-state index >= 15 is 0 Å². The molecule has 0 fully saturated rings. The summed E-state index contributed by atoms with van der Waals surface area (Å²) in [5.41, 5.74) is 7.58. The number of carbonyl (C=O) groups is 1. The third-order valence-corrected chi connectivity index (χ3v) is 6.47. The molecule has 0 bridgehead atoms. The monoisotopic (exact) mass is 444 g/mol. The molecule has 0 saturated heterocycles. The average molecular weight is 445 g/mol. The van der Waals surface area contributed by atoms with E-state index in [1.807, 2.05) is 0 Å². The Balaban J connectivity index is 1.50. The van der Waals surface area contributed by atoms with Crippen LogP contribution >= 0.6 is 0 Å². The van der Waals surface area contributed by atoms with Crippen LogP contribution in [0.25, 0.3) is 0 Å². The Labute approximate surface area is 196 Å². The number of hydrogen-bond acceptors (Lipinski definition) is 6. The number of anilines is 4. The van der Waals surface area contributed by atoms with E-state index in [1.54, 1.807) is 18.5 Å². The number of nitrogens with zero attached hydrogens (tertiary/aromatic N) is 3. The fraction of sp³-hybridized carbons (Fsp3) is 0.333. The van der Waals surface area contributed by atoms with Crippen molar-refractivity contribution in [3.8, 4) is 0 Å². The zero-order chi connectivity index (χ0) is 23.4. The summed E-state index contributed by atoms with van der Waals surface area (Å²) in [6, 6.07) is 17.1. The number of ether oxygens (including phenoxy) is 1. The van der Waals surface area contributed by atoms with Crippen molar-refractivity contribution in [2.45, 2.75) is 25.2 Å². The summed E-state index contributed by atoms with van der Waals surface area (Å²) < 4.78 is 4.90. The van der Waals surface area contributed by atoms with E-state index < -0.39 is 0 Å². The van der Waals surface area contributed by atoms with E-state index in [9.17, 15) is 4.79 Å². The first kappa shape index (κ1) is 22.6. The highest BCUT2D eigenvalue weighted by Gasteiger charge is 2.22. The molecule has 172 valence electrons. The van der Waals surface area contributed by atoms with Crippen LogP contribution in [-0.2, 0) is 11.2 Å². The van der Waals surface area contributed by atoms with Crippen LogP contribution in [0.5, 0.6) is 0 Å². The second kappa shape index (κ2) is 9.94. The summed E-state index contributed by atoms with van der Waals surface area (Å²) >= 11 is 0. The number of benzene rings is 2. The maximum Gasteiger partial charge on any atom is 0.340 e. The molecule has 0 unspecified atom stereocenters. The molecule has 1 aromatic heterocycles. The lowest BCUT2D eigenvalue weighted by Gasteiger charge is -2.29. The number of rotatable bonds is 7. The van der Waals surface area contributed by atoms with E-state index in [0.717, 1.165) is 25.8 Å². The summed E-state index contributed by atoms with van der Waals surface area (Å²) in [5.74, 6) is 0.0356. The van der Waals surface area contributed by atoms with Gasteiger partial charge in [0.05, 0.1) is 24.6 Å². The Bertz CT molecular complexity index is 1110. The van der Waals surface area contributed by atoms with Gasteiger partial charge in [0.1, 0.15) is 0 Å². The van der Waals surface area contributed by atoms with Crippen LogP contribution < -0.4 is 15.1 Å². The van der Waals surface area contributed by atoms with Gasteiger partial charge in [-0.15, -0.1) is 0 Å². The summed E-state index contributed by atoms with van der Waals surface area (Å²) in [5, 5.41) is 3.44. The number of aromatic nitrogens is 1. The lowest BCUT2D eigenvalue weighted by Crippen LogP contribution is -2.20. The quantitative estimate of drug-likeness (QED) is 0.503. The minimum absolute atomic E-state index is 0.352. The van der Waals surface area contributed by atoms with Crippen LogP contribution in [-0.4, -0.2) is 45.8 Å². The number of hydrogen-bond donors (Lipinski definition) is 1. The van der Waals surface area contributed by atoms with E-state index in [2.05, 4.69) is 83.7 Å². The van der Waals surface area contributed by atoms with Crippen molar-refractivity contribution < 1.29 is 9.53 Å². The fourth-order valence-electron chi connectivity index (χ4n) is 4.50. The van der Waals surface area contributed by atoms with Gasteiger partial charge in [0, 0.05) is 56.9 Å². The van der Waals surface area contributed by atoms with Gasteiger partial charge in [0.15, 0.2) is 0 Å². The summed E-state index contributed by atoms with van der Waals surface area (Å²) in [4.78, 5) is 20.6. The van der Waals surface area contributed by atoms with Crippen LogP contribution in [0.3, 0.4) is 0 Å². The molecule has 4 rings (SSSR count). The lowest BCUT2D eigenvalue weighted by molar-refractivity contribution is 0.0601. The smallest absolute Gasteiger partial charge is 0.340 e. The molecule has 1 N–H and O–H groups in total. The molecule has 0 saturated carbocycles. The summed E-state index contributed by atoms with van der Waals surface area (Å²) in [6.07, 6.45) is 6.67. The maximum atomic E-state index is 12.1. The minimum Gasteiger partial charge on any atom is -0.465 e. The number of aryl methyl sites for hydroxylation is 1. The summed E-state index contributed by atoms with van der Waals surface area (Å²) in [6.45, 7) is 0.754. The normalized spacial score (nSPS) is 14.8. The molecule has 1 aliphatic rings. The van der Waals surface area contributed by atoms with E-state index in [0.29, 0.717) is 17.2 Å². The van der Waals surface area contributed by atoms with Crippen molar-refractivity contribution in [3.05, 3.63) is 77.6 Å². The van der Waals surface area contributed by atoms with Crippen molar-refractivity contribution >= 4 is 28.7 Å². The average Bonchev–Trinajstić information content (AvgIpc) is 2.86. The lowest BCUT2D eigenvalue weighted by atomic mass is 9.82. The van der Waals surface area contributed by atoms with Gasteiger partial charge in [-0.05, 0) is 72.9 Å². The zero-order valence-electron chi connectivity index (χ0n) is 19.8. The van der Waals surface area contributed by atoms with Crippen molar-refractivity contribution in [1.29, 1.82) is 0 Å². The summed E-state index contributed by atoms with van der Waals surface area (Å²) in [7, 11) is 7.62. The Morgan fingerprint density at radius 1 is 1.06 bits per heavy atom. The first-order valence-corrected chi connectivity index (χ1v) is 11.4. The van der Waals surface area contributed by atoms with E-state index in [4.69, 9.17) is 4.74 Å². The van der Waals surface area contributed by atoms with E-state index in [-0.39, 0.29) is 5.97 Å². The second-order valence-electron chi connectivity index (χ2n) is 8.74. The van der Waals surface area contributed by atoms with Crippen LogP contribution in [0, 0.1) is 0 Å². The SMILES string of the molecule is COC(=O)c1ccncc1NC[C@@H]1CCCc2cc(N(C)c3ccc(N(C)C)cc3)ccc21. The minimum atomic E-state index is -0.352. The van der Waals surface area contributed by atoms with Gasteiger partial charge in [0.2, 0.25) is 0 Å². The van der Waals surface area contributed by atoms with Gasteiger partial charge in [0.25, 0.3) is 0 Å². The predicted molar refractivity (Wildman–Crippen MR) is 135 cm³/mol. The number of nitrogens with one attached hydrogen (secondary N) is 1. The Hall–Kier alpha value is -3.54. The maximum absolute atomic E-state index is 12.1. The number of carbonyl (C=O) groups excluding carboxylic acids is 1. The Kier molecular flexibility index (Phi) is 6.82. The molecule has 2 aromatic carbocycles. The molecular formula is C27H32N4O2. The van der Waals surface area contributed by atoms with Crippen molar-refractivity contribution in [1.82, 2.24) is 4.98 Å². The van der Waals surface area contributed by atoms with E-state index in [1.165, 1.54) is 35.3 Å². The van der Waals surface area contributed by atoms with Crippen molar-refractivity contribution in [2.24, 2.45) is 0 Å². The Morgan fingerprint density at radius 3 is 2.52 bits per heavy atom. The molecule has 6 heteroatoms. The van der Waals surface area contributed by atoms with Gasteiger partial charge in [-0.25, -0.2) is 4.79 Å². The number of methoxy groups -OCH3 is 1. The third-order valence-electron chi connectivity index (χ3n) is 6.47. The largest absolute Gasteiger partial charge is 0.465 e. The van der Waals surface area contributed by atoms with Gasteiger partial charge >= 0.3 is 5.97 Å². The van der Waals surface area contributed by atoms with Crippen LogP contribution in [0.1, 0.15) is 40.2 Å². The molecule has 0 aliphatic heterocycles. The first-order chi connectivity index (χ1) is 16.0. The molecule has 0 radical (unpaired) electrons. The van der Waals surface area contributed by atoms with Crippen molar-refractivity contribution in [3.63, 3.8) is 0 Å². The topological polar surface area (TPSA) is 57.7 Å². The van der Waals surface area contributed by atoms with Gasteiger partial charge in [-0.3, -0.25) is 4.98 Å². The molecular weight excluding hydrogens is 412 g/mol. The highest BCUT2D eigenvalue weighted by Crippen LogP contribution is 2.36. The molecule has 1 atom stereocenters. The highest BCUT2D eigenvalue weighted by atomic mass is 16.5. The predicted octanol–water partition coefficient (Wildman–Crippen LogP) is 5.23. The number of pyridine rings is 1. The third kappa shape index (κ3) is 4.95. The second-order valence-corrected chi connectivity index (χ2v) is 8.74. The van der Waals surface area contributed by atoms with Gasteiger partial charge < -0.3 is 19.9 Å². The molecule has 1 heterocycles. The molecule has 6 nitrogen and oxygen atoms in total. The fourth-order valence-corrected chi connectivity index (χ4v) is 4.50. The molecule has 3 aromatic rings. The number of esters is 1. The molecule has 0 spiro atoms. The van der Waals surface area contributed by atoms with Crippen LogP contribution in [0.4, 0.5) is 22.7 Å². The van der Waals surface area contributed by atoms with Gasteiger partial charge in [-0.1, -0.05) is 6.07 Å². The molecule has 1 aliphatic carbocycles.